The lowest BCUT2D eigenvalue weighted by atomic mass is 9.74. The SMILES string of the molecule is C=C(C)[C@H]1C[C@H](c2ccc(Cl)cc2)[C@H](c2ccc(Cl)cc2)O[C@@H]1c1cccc(OC)c1OCC(=O)O. The van der Waals surface area contributed by atoms with Crippen LogP contribution in [0.2, 0.25) is 10.0 Å². The molecule has 1 aliphatic heterocycles. The second-order valence-corrected chi connectivity index (χ2v) is 9.81. The van der Waals surface area contributed by atoms with E-state index in [1.54, 1.807) is 6.07 Å². The van der Waals surface area contributed by atoms with Crippen molar-refractivity contribution in [1.29, 1.82) is 0 Å². The van der Waals surface area contributed by atoms with E-state index in [0.717, 1.165) is 28.7 Å². The molecule has 0 aliphatic carbocycles. The fraction of sp³-hybridized carbons (Fsp3) is 0.276. The summed E-state index contributed by atoms with van der Waals surface area (Å²) in [6.07, 6.45) is 0.0121. The molecule has 3 aromatic rings. The molecule has 1 fully saturated rings. The quantitative estimate of drug-likeness (QED) is 0.305. The monoisotopic (exact) mass is 526 g/mol. The Kier molecular flexibility index (Phi) is 8.24. The van der Waals surface area contributed by atoms with Gasteiger partial charge in [-0.25, -0.2) is 4.79 Å². The van der Waals surface area contributed by atoms with E-state index < -0.39 is 18.7 Å². The van der Waals surface area contributed by atoms with E-state index in [-0.39, 0.29) is 17.9 Å². The molecular weight excluding hydrogens is 499 g/mol. The van der Waals surface area contributed by atoms with E-state index in [0.29, 0.717) is 21.5 Å². The smallest absolute Gasteiger partial charge is 0.341 e. The molecule has 0 unspecified atom stereocenters. The summed E-state index contributed by atoms with van der Waals surface area (Å²) in [5, 5.41) is 10.6. The van der Waals surface area contributed by atoms with Crippen molar-refractivity contribution in [2.24, 2.45) is 5.92 Å². The number of benzene rings is 3. The van der Waals surface area contributed by atoms with Gasteiger partial charge in [-0.1, -0.05) is 71.8 Å². The van der Waals surface area contributed by atoms with Crippen molar-refractivity contribution in [1.82, 2.24) is 0 Å². The predicted molar refractivity (Wildman–Crippen MR) is 141 cm³/mol. The molecule has 5 nitrogen and oxygen atoms in total. The van der Waals surface area contributed by atoms with Crippen molar-refractivity contribution >= 4 is 29.2 Å². The summed E-state index contributed by atoms with van der Waals surface area (Å²) >= 11 is 12.4. The Morgan fingerprint density at radius 3 is 2.17 bits per heavy atom. The molecule has 0 bridgehead atoms. The number of rotatable bonds is 8. The van der Waals surface area contributed by atoms with E-state index in [1.807, 2.05) is 67.6 Å². The van der Waals surface area contributed by atoms with Crippen LogP contribution in [0.4, 0.5) is 0 Å². The van der Waals surface area contributed by atoms with Gasteiger partial charge in [0.2, 0.25) is 0 Å². The molecular formula is C29H28Cl2O5. The molecule has 36 heavy (non-hydrogen) atoms. The Bertz CT molecular complexity index is 1220. The van der Waals surface area contributed by atoms with Gasteiger partial charge >= 0.3 is 5.97 Å². The van der Waals surface area contributed by atoms with Crippen molar-refractivity contribution < 1.29 is 24.1 Å². The van der Waals surface area contributed by atoms with Gasteiger partial charge in [-0.2, -0.15) is 0 Å². The summed E-state index contributed by atoms with van der Waals surface area (Å²) in [6, 6.07) is 21.0. The van der Waals surface area contributed by atoms with Gasteiger partial charge in [0.25, 0.3) is 0 Å². The molecule has 3 aromatic carbocycles. The lowest BCUT2D eigenvalue weighted by Gasteiger charge is -2.43. The van der Waals surface area contributed by atoms with Crippen molar-refractivity contribution in [3.05, 3.63) is 106 Å². The number of hydrogen-bond donors (Lipinski definition) is 1. The maximum Gasteiger partial charge on any atom is 0.341 e. The van der Waals surface area contributed by atoms with E-state index >= 15 is 0 Å². The first kappa shape index (κ1) is 26.1. The average molecular weight is 527 g/mol. The lowest BCUT2D eigenvalue weighted by molar-refractivity contribution is -0.139. The van der Waals surface area contributed by atoms with Crippen LogP contribution in [0.15, 0.2) is 78.9 Å². The second-order valence-electron chi connectivity index (χ2n) is 8.94. The van der Waals surface area contributed by atoms with Crippen LogP contribution >= 0.6 is 23.2 Å². The van der Waals surface area contributed by atoms with Gasteiger partial charge in [0.15, 0.2) is 18.1 Å². The third-order valence-electron chi connectivity index (χ3n) is 6.54. The fourth-order valence-corrected chi connectivity index (χ4v) is 5.06. The third kappa shape index (κ3) is 5.70. The normalized spacial score (nSPS) is 21.6. The van der Waals surface area contributed by atoms with E-state index in [4.69, 9.17) is 37.4 Å². The number of carboxylic acid groups (broad SMARTS) is 1. The van der Waals surface area contributed by atoms with E-state index in [9.17, 15) is 9.90 Å². The zero-order valence-electron chi connectivity index (χ0n) is 20.1. The minimum Gasteiger partial charge on any atom is -0.493 e. The largest absolute Gasteiger partial charge is 0.493 e. The van der Waals surface area contributed by atoms with E-state index in [1.165, 1.54) is 7.11 Å². The van der Waals surface area contributed by atoms with Crippen LogP contribution < -0.4 is 9.47 Å². The first-order valence-corrected chi connectivity index (χ1v) is 12.4. The van der Waals surface area contributed by atoms with Crippen molar-refractivity contribution in [2.75, 3.05) is 13.7 Å². The Labute approximate surface area is 221 Å². The molecule has 1 N–H and O–H groups in total. The third-order valence-corrected chi connectivity index (χ3v) is 7.04. The summed E-state index contributed by atoms with van der Waals surface area (Å²) in [4.78, 5) is 11.3. The summed E-state index contributed by atoms with van der Waals surface area (Å²) in [5.74, 6) is -0.308. The van der Waals surface area contributed by atoms with Gasteiger partial charge in [0, 0.05) is 27.4 Å². The van der Waals surface area contributed by atoms with Gasteiger partial charge in [-0.05, 0) is 54.8 Å². The number of hydrogen-bond acceptors (Lipinski definition) is 4. The molecule has 0 radical (unpaired) electrons. The lowest BCUT2D eigenvalue weighted by Crippen LogP contribution is -2.32. The van der Waals surface area contributed by atoms with Crippen LogP contribution in [0.25, 0.3) is 0 Å². The average Bonchev–Trinajstić information content (AvgIpc) is 2.87. The number of halogens is 2. The van der Waals surface area contributed by atoms with Gasteiger partial charge in [0.1, 0.15) is 0 Å². The number of para-hydroxylation sites is 1. The zero-order valence-corrected chi connectivity index (χ0v) is 21.6. The van der Waals surface area contributed by atoms with Gasteiger partial charge in [0.05, 0.1) is 19.3 Å². The summed E-state index contributed by atoms with van der Waals surface area (Å²) in [6.45, 7) is 5.76. The molecule has 188 valence electrons. The Morgan fingerprint density at radius 1 is 1.00 bits per heavy atom. The Balaban J connectivity index is 1.82. The summed E-state index contributed by atoms with van der Waals surface area (Å²) in [5.41, 5.74) is 3.77. The summed E-state index contributed by atoms with van der Waals surface area (Å²) < 4.78 is 18.1. The number of methoxy groups -OCH3 is 1. The highest BCUT2D eigenvalue weighted by molar-refractivity contribution is 6.30. The molecule has 4 atom stereocenters. The van der Waals surface area contributed by atoms with Crippen LogP contribution in [0.1, 0.15) is 48.2 Å². The van der Waals surface area contributed by atoms with Crippen LogP contribution in [0.3, 0.4) is 0 Å². The molecule has 1 saturated heterocycles. The number of aliphatic carboxylic acids is 1. The molecule has 1 aliphatic rings. The van der Waals surface area contributed by atoms with Gasteiger partial charge < -0.3 is 19.3 Å². The molecule has 4 rings (SSSR count). The van der Waals surface area contributed by atoms with Crippen LogP contribution in [-0.4, -0.2) is 24.8 Å². The molecule has 0 aromatic heterocycles. The first-order chi connectivity index (χ1) is 17.3. The molecule has 7 heteroatoms. The Morgan fingerprint density at radius 2 is 1.61 bits per heavy atom. The molecule has 0 spiro atoms. The maximum atomic E-state index is 11.3. The fourth-order valence-electron chi connectivity index (χ4n) is 4.81. The van der Waals surface area contributed by atoms with Crippen molar-refractivity contribution in [3.8, 4) is 11.5 Å². The summed E-state index contributed by atoms with van der Waals surface area (Å²) in [7, 11) is 1.53. The maximum absolute atomic E-state index is 11.3. The second kappa shape index (κ2) is 11.4. The predicted octanol–water partition coefficient (Wildman–Crippen LogP) is 7.64. The van der Waals surface area contributed by atoms with E-state index in [2.05, 4.69) is 6.58 Å². The molecule has 0 amide bonds. The van der Waals surface area contributed by atoms with Crippen LogP contribution in [-0.2, 0) is 9.53 Å². The minimum absolute atomic E-state index is 0.0235. The Hall–Kier alpha value is -2.99. The van der Waals surface area contributed by atoms with Gasteiger partial charge in [-0.15, -0.1) is 0 Å². The van der Waals surface area contributed by atoms with Crippen LogP contribution in [0, 0.1) is 5.92 Å². The molecule has 0 saturated carbocycles. The van der Waals surface area contributed by atoms with Crippen molar-refractivity contribution in [3.63, 3.8) is 0 Å². The minimum atomic E-state index is -1.07. The van der Waals surface area contributed by atoms with Gasteiger partial charge in [-0.3, -0.25) is 0 Å². The highest BCUT2D eigenvalue weighted by atomic mass is 35.5. The highest BCUT2D eigenvalue weighted by Crippen LogP contribution is 2.54. The standard InChI is InChI=1S/C29H28Cl2O5/c1-17(2)23-15-24(18-7-11-20(30)12-8-18)27(19-9-13-21(31)14-10-19)36-28(23)22-5-4-6-25(34-3)29(22)35-16-26(32)33/h4-14,23-24,27-28H,1,15-16H2,2-3H3,(H,32,33)/t23-,24-,27+,28-/m1/s1. The highest BCUT2D eigenvalue weighted by Gasteiger charge is 2.42. The zero-order chi connectivity index (χ0) is 25.8. The van der Waals surface area contributed by atoms with Crippen molar-refractivity contribution in [2.45, 2.75) is 31.5 Å². The molecule has 1 heterocycles. The number of carbonyl (C=O) groups is 1. The van der Waals surface area contributed by atoms with Crippen LogP contribution in [0.5, 0.6) is 11.5 Å². The first-order valence-electron chi connectivity index (χ1n) is 11.6. The number of ether oxygens (including phenoxy) is 3. The number of carboxylic acids is 1. The topological polar surface area (TPSA) is 65.0 Å².